The second-order valence-electron chi connectivity index (χ2n) is 4.54. The Kier molecular flexibility index (Phi) is 4.70. The van der Waals surface area contributed by atoms with Gasteiger partial charge in [0.2, 0.25) is 5.82 Å². The molecule has 0 aromatic carbocycles. The van der Waals surface area contributed by atoms with Gasteiger partial charge in [0, 0.05) is 25.8 Å². The summed E-state index contributed by atoms with van der Waals surface area (Å²) in [6.45, 7) is 3.62. The molecular weight excluding hydrogens is 295 g/mol. The first-order valence-corrected chi connectivity index (χ1v) is 6.76. The molecule has 1 aliphatic rings. The Bertz CT molecular complexity index is 468. The predicted octanol–water partition coefficient (Wildman–Crippen LogP) is 3.15. The van der Waals surface area contributed by atoms with Gasteiger partial charge in [-0.2, -0.15) is 13.2 Å². The smallest absolute Gasteiger partial charge is 0.377 e. The van der Waals surface area contributed by atoms with E-state index in [0.717, 1.165) is 12.8 Å². The first-order chi connectivity index (χ1) is 9.40. The molecule has 0 amide bonds. The number of aromatic nitrogens is 2. The van der Waals surface area contributed by atoms with E-state index in [0.29, 0.717) is 19.7 Å². The number of hydrogen-bond donors (Lipinski definition) is 0. The van der Waals surface area contributed by atoms with E-state index in [1.54, 1.807) is 4.90 Å². The fourth-order valence-electron chi connectivity index (χ4n) is 2.21. The third kappa shape index (κ3) is 3.73. The van der Waals surface area contributed by atoms with Gasteiger partial charge in [0.1, 0.15) is 11.0 Å². The number of ether oxygens (including phenoxy) is 1. The van der Waals surface area contributed by atoms with Crippen molar-refractivity contribution < 1.29 is 17.9 Å². The van der Waals surface area contributed by atoms with E-state index in [2.05, 4.69) is 9.97 Å². The van der Waals surface area contributed by atoms with Crippen molar-refractivity contribution in [2.24, 2.45) is 0 Å². The average molecular weight is 310 g/mol. The topological polar surface area (TPSA) is 38.2 Å². The van der Waals surface area contributed by atoms with E-state index < -0.39 is 12.0 Å². The largest absolute Gasteiger partial charge is 0.451 e. The van der Waals surface area contributed by atoms with E-state index in [4.69, 9.17) is 16.3 Å². The van der Waals surface area contributed by atoms with Crippen molar-refractivity contribution in [3.8, 4) is 0 Å². The number of hydrogen-bond acceptors (Lipinski definition) is 4. The Morgan fingerprint density at radius 1 is 1.45 bits per heavy atom. The van der Waals surface area contributed by atoms with Crippen LogP contribution in [0.4, 0.5) is 19.0 Å². The summed E-state index contributed by atoms with van der Waals surface area (Å²) in [6.07, 6.45) is -2.85. The quantitative estimate of drug-likeness (QED) is 0.804. The Balaban J connectivity index is 2.21. The molecule has 0 spiro atoms. The number of piperidine rings is 1. The van der Waals surface area contributed by atoms with Gasteiger partial charge in [0.05, 0.1) is 6.10 Å². The van der Waals surface area contributed by atoms with Crippen LogP contribution in [0.2, 0.25) is 5.15 Å². The van der Waals surface area contributed by atoms with E-state index in [-0.39, 0.29) is 17.1 Å². The number of rotatable bonds is 3. The highest BCUT2D eigenvalue weighted by Gasteiger charge is 2.36. The van der Waals surface area contributed by atoms with Gasteiger partial charge in [0.15, 0.2) is 0 Å². The van der Waals surface area contributed by atoms with Crippen molar-refractivity contribution in [2.75, 3.05) is 24.6 Å². The molecule has 8 heteroatoms. The Morgan fingerprint density at radius 2 is 2.20 bits per heavy atom. The molecular formula is C12H15ClF3N3O. The lowest BCUT2D eigenvalue weighted by Gasteiger charge is -2.33. The molecule has 1 unspecified atom stereocenters. The van der Waals surface area contributed by atoms with E-state index in [1.165, 1.54) is 6.07 Å². The van der Waals surface area contributed by atoms with Crippen LogP contribution in [0.25, 0.3) is 0 Å². The van der Waals surface area contributed by atoms with Crippen LogP contribution >= 0.6 is 11.6 Å². The summed E-state index contributed by atoms with van der Waals surface area (Å²) < 4.78 is 43.6. The van der Waals surface area contributed by atoms with Crippen molar-refractivity contribution in [3.05, 3.63) is 17.0 Å². The van der Waals surface area contributed by atoms with Crippen molar-refractivity contribution in [1.82, 2.24) is 9.97 Å². The number of alkyl halides is 3. The Morgan fingerprint density at radius 3 is 2.85 bits per heavy atom. The fraction of sp³-hybridized carbons (Fsp3) is 0.667. The maximum Gasteiger partial charge on any atom is 0.451 e. The molecule has 2 rings (SSSR count). The third-order valence-electron chi connectivity index (χ3n) is 3.04. The second-order valence-corrected chi connectivity index (χ2v) is 4.92. The Hall–Kier alpha value is -1.08. The van der Waals surface area contributed by atoms with Gasteiger partial charge in [-0.3, -0.25) is 0 Å². The van der Waals surface area contributed by atoms with Crippen molar-refractivity contribution in [2.45, 2.75) is 32.0 Å². The lowest BCUT2D eigenvalue weighted by molar-refractivity contribution is -0.144. The van der Waals surface area contributed by atoms with Crippen molar-refractivity contribution in [1.29, 1.82) is 0 Å². The molecule has 0 aliphatic carbocycles. The lowest BCUT2D eigenvalue weighted by Crippen LogP contribution is -2.40. The lowest BCUT2D eigenvalue weighted by atomic mass is 10.1. The molecule has 1 fully saturated rings. The maximum atomic E-state index is 12.7. The summed E-state index contributed by atoms with van der Waals surface area (Å²) in [4.78, 5) is 8.56. The third-order valence-corrected chi connectivity index (χ3v) is 3.23. The van der Waals surface area contributed by atoms with Crippen LogP contribution in [-0.2, 0) is 10.9 Å². The maximum absolute atomic E-state index is 12.7. The number of anilines is 1. The zero-order chi connectivity index (χ0) is 14.8. The van der Waals surface area contributed by atoms with Crippen LogP contribution in [0.3, 0.4) is 0 Å². The number of nitrogens with zero attached hydrogens (tertiary/aromatic N) is 3. The number of halogens is 4. The van der Waals surface area contributed by atoms with Crippen LogP contribution in [0.1, 0.15) is 25.6 Å². The van der Waals surface area contributed by atoms with Crippen LogP contribution < -0.4 is 4.90 Å². The van der Waals surface area contributed by atoms with Crippen LogP contribution in [-0.4, -0.2) is 35.8 Å². The Labute approximate surface area is 119 Å². The van der Waals surface area contributed by atoms with Crippen LogP contribution in [0.5, 0.6) is 0 Å². The summed E-state index contributed by atoms with van der Waals surface area (Å²) in [5.41, 5.74) is 0. The first-order valence-electron chi connectivity index (χ1n) is 6.38. The van der Waals surface area contributed by atoms with Gasteiger partial charge in [-0.15, -0.1) is 0 Å². The summed E-state index contributed by atoms with van der Waals surface area (Å²) in [5, 5.41) is -0.208. The molecule has 2 heterocycles. The van der Waals surface area contributed by atoms with Crippen molar-refractivity contribution >= 4 is 17.4 Å². The molecule has 112 valence electrons. The standard InChI is InChI=1S/C12H15ClF3N3O/c1-2-20-8-4-3-5-19(7-8)10-6-9(13)17-11(18-10)12(14,15)16/h6,8H,2-5,7H2,1H3. The van der Waals surface area contributed by atoms with Gasteiger partial charge in [0.25, 0.3) is 0 Å². The molecule has 0 bridgehead atoms. The zero-order valence-corrected chi connectivity index (χ0v) is 11.7. The monoisotopic (exact) mass is 309 g/mol. The summed E-state index contributed by atoms with van der Waals surface area (Å²) in [5.74, 6) is -1.01. The molecule has 4 nitrogen and oxygen atoms in total. The molecule has 1 aromatic rings. The van der Waals surface area contributed by atoms with E-state index >= 15 is 0 Å². The first kappa shape index (κ1) is 15.3. The minimum absolute atomic E-state index is 0.0110. The molecule has 1 saturated heterocycles. The summed E-state index contributed by atoms with van der Waals surface area (Å²) >= 11 is 5.66. The minimum Gasteiger partial charge on any atom is -0.377 e. The van der Waals surface area contributed by atoms with Gasteiger partial charge >= 0.3 is 6.18 Å². The summed E-state index contributed by atoms with van der Waals surface area (Å²) in [6, 6.07) is 1.35. The molecule has 1 aliphatic heterocycles. The fourth-order valence-corrected chi connectivity index (χ4v) is 2.39. The predicted molar refractivity (Wildman–Crippen MR) is 68.9 cm³/mol. The van der Waals surface area contributed by atoms with Crippen molar-refractivity contribution in [3.63, 3.8) is 0 Å². The van der Waals surface area contributed by atoms with Gasteiger partial charge in [-0.05, 0) is 19.8 Å². The normalized spacial score (nSPS) is 20.2. The molecule has 0 N–H and O–H groups in total. The molecule has 20 heavy (non-hydrogen) atoms. The van der Waals surface area contributed by atoms with E-state index in [9.17, 15) is 13.2 Å². The SMILES string of the molecule is CCOC1CCCN(c2cc(Cl)nc(C(F)(F)F)n2)C1. The van der Waals surface area contributed by atoms with Gasteiger partial charge in [-0.25, -0.2) is 9.97 Å². The van der Waals surface area contributed by atoms with Gasteiger partial charge in [-0.1, -0.05) is 11.6 Å². The van der Waals surface area contributed by atoms with Gasteiger partial charge < -0.3 is 9.64 Å². The highest BCUT2D eigenvalue weighted by atomic mass is 35.5. The molecule has 0 radical (unpaired) electrons. The highest BCUT2D eigenvalue weighted by Crippen LogP contribution is 2.30. The summed E-state index contributed by atoms with van der Waals surface area (Å²) in [7, 11) is 0. The highest BCUT2D eigenvalue weighted by molar-refractivity contribution is 6.29. The molecule has 1 aromatic heterocycles. The van der Waals surface area contributed by atoms with E-state index in [1.807, 2.05) is 6.92 Å². The molecule has 0 saturated carbocycles. The average Bonchev–Trinajstić information content (AvgIpc) is 2.38. The van der Waals surface area contributed by atoms with Crippen LogP contribution in [0, 0.1) is 0 Å². The zero-order valence-electron chi connectivity index (χ0n) is 11.0. The second kappa shape index (κ2) is 6.13. The minimum atomic E-state index is -4.60. The van der Waals surface area contributed by atoms with Crippen LogP contribution in [0.15, 0.2) is 6.07 Å². The molecule has 1 atom stereocenters.